The van der Waals surface area contributed by atoms with Crippen LogP contribution in [0.2, 0.25) is 5.02 Å². The van der Waals surface area contributed by atoms with Crippen LogP contribution < -0.4 is 5.32 Å². The minimum atomic E-state index is 0.752. The highest BCUT2D eigenvalue weighted by Crippen LogP contribution is 2.17. The molecule has 1 unspecified atom stereocenters. The summed E-state index contributed by atoms with van der Waals surface area (Å²) in [5.74, 6) is 0. The Balaban J connectivity index is 1.67. The van der Waals surface area contributed by atoms with Crippen LogP contribution >= 0.6 is 11.6 Å². The van der Waals surface area contributed by atoms with Crippen molar-refractivity contribution in [3.05, 3.63) is 34.9 Å². The van der Waals surface area contributed by atoms with Crippen molar-refractivity contribution in [2.24, 2.45) is 0 Å². The Labute approximate surface area is 122 Å². The fourth-order valence-electron chi connectivity index (χ4n) is 2.77. The van der Waals surface area contributed by atoms with Gasteiger partial charge < -0.3 is 10.2 Å². The Kier molecular flexibility index (Phi) is 6.15. The van der Waals surface area contributed by atoms with E-state index in [1.165, 1.54) is 44.2 Å². The SMILES string of the molecule is CN(CCCC1CCCCN1)Cc1ccccc1Cl. The molecule has 1 heterocycles. The first-order valence-electron chi connectivity index (χ1n) is 7.41. The molecule has 1 fully saturated rings. The van der Waals surface area contributed by atoms with E-state index in [-0.39, 0.29) is 0 Å². The largest absolute Gasteiger partial charge is 0.314 e. The van der Waals surface area contributed by atoms with Crippen molar-refractivity contribution in [2.45, 2.75) is 44.7 Å². The summed E-state index contributed by atoms with van der Waals surface area (Å²) < 4.78 is 0. The molecule has 0 aliphatic carbocycles. The minimum Gasteiger partial charge on any atom is -0.314 e. The van der Waals surface area contributed by atoms with E-state index in [0.29, 0.717) is 0 Å². The lowest BCUT2D eigenvalue weighted by molar-refractivity contribution is 0.297. The third-order valence-electron chi connectivity index (χ3n) is 3.90. The number of nitrogens with zero attached hydrogens (tertiary/aromatic N) is 1. The highest BCUT2D eigenvalue weighted by atomic mass is 35.5. The number of nitrogens with one attached hydrogen (secondary N) is 1. The van der Waals surface area contributed by atoms with Crippen molar-refractivity contribution in [1.29, 1.82) is 0 Å². The number of hydrogen-bond donors (Lipinski definition) is 1. The number of rotatable bonds is 6. The summed E-state index contributed by atoms with van der Waals surface area (Å²) in [5, 5.41) is 4.49. The number of piperidine rings is 1. The molecule has 2 nitrogen and oxygen atoms in total. The molecule has 1 aliphatic rings. The summed E-state index contributed by atoms with van der Waals surface area (Å²) in [6.45, 7) is 3.29. The van der Waals surface area contributed by atoms with E-state index in [2.05, 4.69) is 29.4 Å². The number of hydrogen-bond acceptors (Lipinski definition) is 2. The molecule has 3 heteroatoms. The summed E-state index contributed by atoms with van der Waals surface area (Å²) in [6.07, 6.45) is 6.66. The van der Waals surface area contributed by atoms with E-state index in [0.717, 1.165) is 24.2 Å². The normalized spacial score (nSPS) is 19.8. The average molecular weight is 281 g/mol. The monoisotopic (exact) mass is 280 g/mol. The third kappa shape index (κ3) is 5.13. The zero-order valence-electron chi connectivity index (χ0n) is 11.9. The maximum Gasteiger partial charge on any atom is 0.0451 e. The lowest BCUT2D eigenvalue weighted by Gasteiger charge is -2.24. The Morgan fingerprint density at radius 2 is 2.16 bits per heavy atom. The first-order chi connectivity index (χ1) is 9.25. The number of benzene rings is 1. The molecule has 0 bridgehead atoms. The molecular formula is C16H25ClN2. The first-order valence-corrected chi connectivity index (χ1v) is 7.79. The van der Waals surface area contributed by atoms with Crippen molar-refractivity contribution in [1.82, 2.24) is 10.2 Å². The van der Waals surface area contributed by atoms with E-state index in [1.54, 1.807) is 0 Å². The highest BCUT2D eigenvalue weighted by Gasteiger charge is 2.12. The molecule has 106 valence electrons. The van der Waals surface area contributed by atoms with Gasteiger partial charge in [-0.1, -0.05) is 36.2 Å². The number of halogens is 1. The molecule has 1 atom stereocenters. The molecule has 1 saturated heterocycles. The topological polar surface area (TPSA) is 15.3 Å². The van der Waals surface area contributed by atoms with Gasteiger partial charge in [-0.2, -0.15) is 0 Å². The van der Waals surface area contributed by atoms with Gasteiger partial charge in [0.15, 0.2) is 0 Å². The van der Waals surface area contributed by atoms with E-state index in [1.807, 2.05) is 12.1 Å². The van der Waals surface area contributed by atoms with Gasteiger partial charge in [0.1, 0.15) is 0 Å². The van der Waals surface area contributed by atoms with Crippen LogP contribution in [-0.2, 0) is 6.54 Å². The van der Waals surface area contributed by atoms with E-state index in [4.69, 9.17) is 11.6 Å². The zero-order valence-corrected chi connectivity index (χ0v) is 12.6. The van der Waals surface area contributed by atoms with Gasteiger partial charge in [-0.3, -0.25) is 0 Å². The van der Waals surface area contributed by atoms with E-state index in [9.17, 15) is 0 Å². The van der Waals surface area contributed by atoms with Crippen LogP contribution in [0.4, 0.5) is 0 Å². The fourth-order valence-corrected chi connectivity index (χ4v) is 2.97. The molecule has 19 heavy (non-hydrogen) atoms. The van der Waals surface area contributed by atoms with Gasteiger partial charge in [0.05, 0.1) is 0 Å². The van der Waals surface area contributed by atoms with Crippen LogP contribution in [0.25, 0.3) is 0 Å². The third-order valence-corrected chi connectivity index (χ3v) is 4.27. The van der Waals surface area contributed by atoms with Crippen LogP contribution in [0.1, 0.15) is 37.7 Å². The first kappa shape index (κ1) is 14.8. The van der Waals surface area contributed by atoms with Gasteiger partial charge in [0.2, 0.25) is 0 Å². The maximum atomic E-state index is 6.19. The second-order valence-electron chi connectivity index (χ2n) is 5.62. The summed E-state index contributed by atoms with van der Waals surface area (Å²) in [4.78, 5) is 2.37. The molecule has 2 rings (SSSR count). The average Bonchev–Trinajstić information content (AvgIpc) is 2.43. The standard InChI is InChI=1S/C16H25ClN2/c1-19(13-14-7-2-3-10-16(14)17)12-6-9-15-8-4-5-11-18-15/h2-3,7,10,15,18H,4-6,8-9,11-13H2,1H3. The lowest BCUT2D eigenvalue weighted by atomic mass is 10.0. The summed E-state index contributed by atoms with van der Waals surface area (Å²) in [7, 11) is 2.18. The van der Waals surface area contributed by atoms with Crippen molar-refractivity contribution in [2.75, 3.05) is 20.1 Å². The molecular weight excluding hydrogens is 256 g/mol. The molecule has 1 N–H and O–H groups in total. The molecule has 1 aliphatic heterocycles. The van der Waals surface area contributed by atoms with Gasteiger partial charge in [0.25, 0.3) is 0 Å². The van der Waals surface area contributed by atoms with Gasteiger partial charge in [-0.05, 0) is 57.5 Å². The van der Waals surface area contributed by atoms with Crippen molar-refractivity contribution in [3.8, 4) is 0 Å². The zero-order chi connectivity index (χ0) is 13.5. The van der Waals surface area contributed by atoms with Crippen LogP contribution in [0.5, 0.6) is 0 Å². The summed E-state index contributed by atoms with van der Waals surface area (Å²) in [6, 6.07) is 8.88. The maximum absolute atomic E-state index is 6.19. The smallest absolute Gasteiger partial charge is 0.0451 e. The molecule has 0 amide bonds. The van der Waals surface area contributed by atoms with Crippen LogP contribution in [0, 0.1) is 0 Å². The van der Waals surface area contributed by atoms with Gasteiger partial charge in [-0.25, -0.2) is 0 Å². The van der Waals surface area contributed by atoms with Crippen molar-refractivity contribution < 1.29 is 0 Å². The Morgan fingerprint density at radius 1 is 1.32 bits per heavy atom. The predicted octanol–water partition coefficient (Wildman–Crippen LogP) is 3.69. The van der Waals surface area contributed by atoms with Crippen LogP contribution in [0.3, 0.4) is 0 Å². The Bertz CT molecular complexity index is 375. The molecule has 1 aromatic carbocycles. The van der Waals surface area contributed by atoms with Crippen LogP contribution in [-0.4, -0.2) is 31.1 Å². The molecule has 0 aromatic heterocycles. The van der Waals surface area contributed by atoms with E-state index >= 15 is 0 Å². The van der Waals surface area contributed by atoms with Gasteiger partial charge in [-0.15, -0.1) is 0 Å². The Hall–Kier alpha value is -0.570. The van der Waals surface area contributed by atoms with Crippen LogP contribution in [0.15, 0.2) is 24.3 Å². The van der Waals surface area contributed by atoms with Crippen molar-refractivity contribution >= 4 is 11.6 Å². The van der Waals surface area contributed by atoms with Gasteiger partial charge in [0, 0.05) is 17.6 Å². The predicted molar refractivity (Wildman–Crippen MR) is 82.7 cm³/mol. The molecule has 0 radical (unpaired) electrons. The Morgan fingerprint density at radius 3 is 2.89 bits per heavy atom. The molecule has 0 spiro atoms. The minimum absolute atomic E-state index is 0.752. The van der Waals surface area contributed by atoms with E-state index < -0.39 is 0 Å². The summed E-state index contributed by atoms with van der Waals surface area (Å²) >= 11 is 6.19. The molecule has 0 saturated carbocycles. The fraction of sp³-hybridized carbons (Fsp3) is 0.625. The second-order valence-corrected chi connectivity index (χ2v) is 6.03. The highest BCUT2D eigenvalue weighted by molar-refractivity contribution is 6.31. The molecule has 1 aromatic rings. The van der Waals surface area contributed by atoms with Gasteiger partial charge >= 0.3 is 0 Å². The summed E-state index contributed by atoms with van der Waals surface area (Å²) in [5.41, 5.74) is 1.22. The second kappa shape index (κ2) is 7.88. The lowest BCUT2D eigenvalue weighted by Crippen LogP contribution is -2.34. The quantitative estimate of drug-likeness (QED) is 0.855. The van der Waals surface area contributed by atoms with Crippen molar-refractivity contribution in [3.63, 3.8) is 0 Å².